The Kier molecular flexibility index (Phi) is 4.35. The van der Waals surface area contributed by atoms with Crippen LogP contribution in [0.25, 0.3) is 0 Å². The minimum Gasteiger partial charge on any atom is -0.352 e. The van der Waals surface area contributed by atoms with Crippen LogP contribution in [0.15, 0.2) is 42.5 Å². The monoisotopic (exact) mass is 328 g/mol. The molecule has 0 aliphatic carbocycles. The van der Waals surface area contributed by atoms with Gasteiger partial charge < -0.3 is 10.2 Å². The van der Waals surface area contributed by atoms with Gasteiger partial charge in [0.15, 0.2) is 0 Å². The first-order chi connectivity index (χ1) is 11.0. The van der Waals surface area contributed by atoms with Gasteiger partial charge in [-0.3, -0.25) is 9.59 Å². The molecule has 0 aromatic heterocycles. The predicted octanol–water partition coefficient (Wildman–Crippen LogP) is 2.72. The molecule has 1 N–H and O–H groups in total. The Morgan fingerprint density at radius 1 is 1.26 bits per heavy atom. The molecular weight excluding hydrogens is 312 g/mol. The topological polar surface area (TPSA) is 49.4 Å². The SMILES string of the molecule is CN1C(=O)Cc2cc(CC(=O)NCc3ccccc3Cl)ccc21. The number of nitrogens with zero attached hydrogens (tertiary/aromatic N) is 1. The van der Waals surface area contributed by atoms with Crippen molar-refractivity contribution in [2.75, 3.05) is 11.9 Å². The van der Waals surface area contributed by atoms with Gasteiger partial charge in [0, 0.05) is 24.3 Å². The molecule has 0 radical (unpaired) electrons. The van der Waals surface area contributed by atoms with Crippen molar-refractivity contribution in [3.05, 3.63) is 64.2 Å². The molecule has 2 amide bonds. The number of rotatable bonds is 4. The molecular formula is C18H17ClN2O2. The molecule has 2 aromatic rings. The lowest BCUT2D eigenvalue weighted by molar-refractivity contribution is -0.120. The van der Waals surface area contributed by atoms with Crippen molar-refractivity contribution in [2.24, 2.45) is 0 Å². The number of amides is 2. The Labute approximate surface area is 140 Å². The van der Waals surface area contributed by atoms with Crippen molar-refractivity contribution >= 4 is 29.1 Å². The second-order valence-electron chi connectivity index (χ2n) is 5.64. The first-order valence-electron chi connectivity index (χ1n) is 7.43. The standard InChI is InChI=1S/C18H17ClN2O2/c1-21-16-7-6-12(8-14(16)10-18(21)23)9-17(22)20-11-13-4-2-3-5-15(13)19/h2-8H,9-11H2,1H3,(H,20,22). The average Bonchev–Trinajstić information content (AvgIpc) is 2.81. The second kappa shape index (κ2) is 6.42. The summed E-state index contributed by atoms with van der Waals surface area (Å²) in [6, 6.07) is 13.2. The maximum Gasteiger partial charge on any atom is 0.231 e. The predicted molar refractivity (Wildman–Crippen MR) is 90.6 cm³/mol. The summed E-state index contributed by atoms with van der Waals surface area (Å²) in [5, 5.41) is 3.52. The highest BCUT2D eigenvalue weighted by Crippen LogP contribution is 2.28. The smallest absolute Gasteiger partial charge is 0.231 e. The van der Waals surface area contributed by atoms with Gasteiger partial charge in [-0.25, -0.2) is 0 Å². The molecule has 1 aliphatic rings. The Balaban J connectivity index is 1.62. The van der Waals surface area contributed by atoms with Crippen LogP contribution >= 0.6 is 11.6 Å². The Morgan fingerprint density at radius 3 is 2.83 bits per heavy atom. The first kappa shape index (κ1) is 15.6. The third kappa shape index (κ3) is 3.37. The fourth-order valence-electron chi connectivity index (χ4n) is 2.72. The van der Waals surface area contributed by atoms with Crippen LogP contribution in [-0.2, 0) is 29.0 Å². The van der Waals surface area contributed by atoms with E-state index in [1.54, 1.807) is 18.0 Å². The maximum absolute atomic E-state index is 12.1. The van der Waals surface area contributed by atoms with Crippen LogP contribution in [0.5, 0.6) is 0 Å². The van der Waals surface area contributed by atoms with Gasteiger partial charge in [0.1, 0.15) is 0 Å². The van der Waals surface area contributed by atoms with Gasteiger partial charge in [-0.15, -0.1) is 0 Å². The first-order valence-corrected chi connectivity index (χ1v) is 7.81. The molecule has 118 valence electrons. The van der Waals surface area contributed by atoms with E-state index < -0.39 is 0 Å². The molecule has 0 saturated heterocycles. The summed E-state index contributed by atoms with van der Waals surface area (Å²) < 4.78 is 0. The number of anilines is 1. The summed E-state index contributed by atoms with van der Waals surface area (Å²) in [5.41, 5.74) is 3.70. The zero-order valence-electron chi connectivity index (χ0n) is 12.8. The summed E-state index contributed by atoms with van der Waals surface area (Å²) in [4.78, 5) is 25.4. The van der Waals surface area contributed by atoms with Crippen molar-refractivity contribution in [3.63, 3.8) is 0 Å². The van der Waals surface area contributed by atoms with Crippen molar-refractivity contribution in [1.82, 2.24) is 5.32 Å². The van der Waals surface area contributed by atoms with Crippen molar-refractivity contribution in [2.45, 2.75) is 19.4 Å². The van der Waals surface area contributed by atoms with Gasteiger partial charge in [-0.2, -0.15) is 0 Å². The van der Waals surface area contributed by atoms with Crippen LogP contribution in [0.4, 0.5) is 5.69 Å². The summed E-state index contributed by atoms with van der Waals surface area (Å²) >= 11 is 6.07. The largest absolute Gasteiger partial charge is 0.352 e. The molecule has 1 aliphatic heterocycles. The van der Waals surface area contributed by atoms with Crippen molar-refractivity contribution < 1.29 is 9.59 Å². The maximum atomic E-state index is 12.1. The summed E-state index contributed by atoms with van der Waals surface area (Å²) in [6.45, 7) is 0.407. The van der Waals surface area contributed by atoms with E-state index in [1.165, 1.54) is 0 Å². The molecule has 1 heterocycles. The third-order valence-corrected chi connectivity index (χ3v) is 4.39. The highest BCUT2D eigenvalue weighted by atomic mass is 35.5. The van der Waals surface area contributed by atoms with Crippen LogP contribution in [0.2, 0.25) is 5.02 Å². The second-order valence-corrected chi connectivity index (χ2v) is 6.04. The van der Waals surface area contributed by atoms with E-state index in [9.17, 15) is 9.59 Å². The average molecular weight is 329 g/mol. The number of benzene rings is 2. The lowest BCUT2D eigenvalue weighted by Crippen LogP contribution is -2.24. The van der Waals surface area contributed by atoms with Crippen molar-refractivity contribution in [3.8, 4) is 0 Å². The van der Waals surface area contributed by atoms with Crippen LogP contribution in [0.1, 0.15) is 16.7 Å². The Bertz CT molecular complexity index is 773. The fraction of sp³-hybridized carbons (Fsp3) is 0.222. The molecule has 3 rings (SSSR count). The zero-order chi connectivity index (χ0) is 16.4. The number of hydrogen-bond donors (Lipinski definition) is 1. The molecule has 0 saturated carbocycles. The number of fused-ring (bicyclic) bond motifs is 1. The van der Waals surface area contributed by atoms with Gasteiger partial charge >= 0.3 is 0 Å². The number of nitrogens with one attached hydrogen (secondary N) is 1. The number of halogens is 1. The third-order valence-electron chi connectivity index (χ3n) is 4.02. The molecule has 0 spiro atoms. The van der Waals surface area contributed by atoms with Gasteiger partial charge in [0.2, 0.25) is 11.8 Å². The zero-order valence-corrected chi connectivity index (χ0v) is 13.6. The van der Waals surface area contributed by atoms with E-state index >= 15 is 0 Å². The van der Waals surface area contributed by atoms with E-state index in [0.717, 1.165) is 22.4 Å². The van der Waals surface area contributed by atoms with Crippen LogP contribution < -0.4 is 10.2 Å². The van der Waals surface area contributed by atoms with Crippen LogP contribution in [0, 0.1) is 0 Å². The van der Waals surface area contributed by atoms with E-state index in [0.29, 0.717) is 18.0 Å². The quantitative estimate of drug-likeness (QED) is 0.938. The molecule has 23 heavy (non-hydrogen) atoms. The molecule has 0 atom stereocenters. The molecule has 0 bridgehead atoms. The van der Waals surface area contributed by atoms with Crippen LogP contribution in [-0.4, -0.2) is 18.9 Å². The summed E-state index contributed by atoms with van der Waals surface area (Å²) in [6.07, 6.45) is 0.691. The lowest BCUT2D eigenvalue weighted by atomic mass is 10.1. The lowest BCUT2D eigenvalue weighted by Gasteiger charge is -2.11. The summed E-state index contributed by atoms with van der Waals surface area (Å²) in [5.74, 6) is 0.0165. The number of likely N-dealkylation sites (N-methyl/N-ethyl adjacent to an activating group) is 1. The minimum atomic E-state index is -0.0671. The van der Waals surface area contributed by atoms with Gasteiger partial charge in [-0.05, 0) is 28.8 Å². The highest BCUT2D eigenvalue weighted by molar-refractivity contribution is 6.31. The Morgan fingerprint density at radius 2 is 2.04 bits per heavy atom. The molecule has 0 unspecified atom stereocenters. The molecule has 5 heteroatoms. The molecule has 4 nitrogen and oxygen atoms in total. The van der Waals surface area contributed by atoms with Crippen molar-refractivity contribution in [1.29, 1.82) is 0 Å². The summed E-state index contributed by atoms with van der Waals surface area (Å²) in [7, 11) is 1.77. The van der Waals surface area contributed by atoms with Gasteiger partial charge in [0.05, 0.1) is 12.8 Å². The molecule has 0 fully saturated rings. The van der Waals surface area contributed by atoms with Gasteiger partial charge in [0.25, 0.3) is 0 Å². The number of carbonyl (C=O) groups excluding carboxylic acids is 2. The van der Waals surface area contributed by atoms with E-state index in [-0.39, 0.29) is 18.2 Å². The fourth-order valence-corrected chi connectivity index (χ4v) is 2.92. The van der Waals surface area contributed by atoms with E-state index in [2.05, 4.69) is 5.32 Å². The Hall–Kier alpha value is -2.33. The van der Waals surface area contributed by atoms with E-state index in [1.807, 2.05) is 36.4 Å². The molecule has 2 aromatic carbocycles. The normalized spacial score (nSPS) is 13.1. The number of hydrogen-bond acceptors (Lipinski definition) is 2. The van der Waals surface area contributed by atoms with Crippen LogP contribution in [0.3, 0.4) is 0 Å². The number of carbonyl (C=O) groups is 2. The van der Waals surface area contributed by atoms with Gasteiger partial charge in [-0.1, -0.05) is 41.9 Å². The highest BCUT2D eigenvalue weighted by Gasteiger charge is 2.23. The van der Waals surface area contributed by atoms with E-state index in [4.69, 9.17) is 11.6 Å². The minimum absolute atomic E-state index is 0.0671.